The molecule has 0 aliphatic rings. The molecule has 1 rings (SSSR count). The Balaban J connectivity index is 3.14. The molecule has 4 nitrogen and oxygen atoms in total. The van der Waals surface area contributed by atoms with E-state index in [1.54, 1.807) is 0 Å². The van der Waals surface area contributed by atoms with Crippen LogP contribution in [0.15, 0.2) is 11.2 Å². The lowest BCUT2D eigenvalue weighted by atomic mass is 10.4. The van der Waals surface area contributed by atoms with Gasteiger partial charge in [0.15, 0.2) is 0 Å². The molecule has 1 heterocycles. The fourth-order valence-corrected chi connectivity index (χ4v) is 1.01. The van der Waals surface area contributed by atoms with E-state index in [4.69, 9.17) is 11.5 Å². The highest BCUT2D eigenvalue weighted by atomic mass is 32.2. The van der Waals surface area contributed by atoms with Crippen molar-refractivity contribution in [1.29, 1.82) is 0 Å². The molecule has 0 radical (unpaired) electrons. The lowest BCUT2D eigenvalue weighted by Gasteiger charge is -2.00. The number of nitrogens with two attached hydrogens (primary N) is 2. The van der Waals surface area contributed by atoms with Gasteiger partial charge in [-0.25, -0.2) is 0 Å². The first-order valence-electron chi connectivity index (χ1n) is 2.66. The summed E-state index contributed by atoms with van der Waals surface area (Å²) < 4.78 is 0. The van der Waals surface area contributed by atoms with Crippen molar-refractivity contribution >= 4 is 23.1 Å². The Morgan fingerprint density at radius 3 is 2.70 bits per heavy atom. The number of aromatic nitrogens is 2. The van der Waals surface area contributed by atoms with Crippen LogP contribution in [-0.2, 0) is 0 Å². The molecule has 0 saturated heterocycles. The van der Waals surface area contributed by atoms with Crippen molar-refractivity contribution in [2.24, 2.45) is 0 Å². The summed E-state index contributed by atoms with van der Waals surface area (Å²) in [6.07, 6.45) is 3.31. The molecule has 0 saturated carbocycles. The summed E-state index contributed by atoms with van der Waals surface area (Å²) in [5, 5.41) is 8.09. The van der Waals surface area contributed by atoms with Gasteiger partial charge < -0.3 is 11.5 Å². The largest absolute Gasteiger partial charge is 0.396 e. The number of anilines is 2. The van der Waals surface area contributed by atoms with Gasteiger partial charge in [0, 0.05) is 0 Å². The number of nitrogens with zero attached hydrogens (tertiary/aromatic N) is 2. The molecule has 54 valence electrons. The second-order valence-electron chi connectivity index (χ2n) is 1.72. The first kappa shape index (κ1) is 7.14. The molecule has 0 unspecified atom stereocenters. The van der Waals surface area contributed by atoms with Gasteiger partial charge >= 0.3 is 0 Å². The van der Waals surface area contributed by atoms with Gasteiger partial charge in [-0.15, -0.1) is 16.9 Å². The van der Waals surface area contributed by atoms with E-state index in [9.17, 15) is 0 Å². The monoisotopic (exact) mass is 156 g/mol. The normalized spacial score (nSPS) is 9.70. The third-order valence-corrected chi connectivity index (χ3v) is 1.77. The molecular weight excluding hydrogens is 148 g/mol. The standard InChI is InChI=1S/C5H8N4S/c1-10-5-4(7)3(6)2-8-9-5/h2H,1H3,(H2,6,9)(H2,7,8). The zero-order valence-electron chi connectivity index (χ0n) is 5.53. The molecule has 0 aromatic carbocycles. The summed E-state index contributed by atoms with van der Waals surface area (Å²) >= 11 is 1.43. The highest BCUT2D eigenvalue weighted by Gasteiger charge is 2.01. The van der Waals surface area contributed by atoms with Crippen LogP contribution in [0.5, 0.6) is 0 Å². The Morgan fingerprint density at radius 2 is 2.20 bits per heavy atom. The van der Waals surface area contributed by atoms with Gasteiger partial charge in [0.1, 0.15) is 5.03 Å². The van der Waals surface area contributed by atoms with Crippen molar-refractivity contribution in [3.05, 3.63) is 6.20 Å². The maximum Gasteiger partial charge on any atom is 0.144 e. The molecule has 0 spiro atoms. The highest BCUT2D eigenvalue weighted by molar-refractivity contribution is 7.98. The second kappa shape index (κ2) is 2.74. The Labute approximate surface area is 63.0 Å². The molecule has 10 heavy (non-hydrogen) atoms. The lowest BCUT2D eigenvalue weighted by molar-refractivity contribution is 0.941. The van der Waals surface area contributed by atoms with Crippen molar-refractivity contribution in [2.75, 3.05) is 17.7 Å². The zero-order valence-corrected chi connectivity index (χ0v) is 6.35. The van der Waals surface area contributed by atoms with Crippen LogP contribution in [0.3, 0.4) is 0 Å². The molecule has 0 aliphatic carbocycles. The number of thioether (sulfide) groups is 1. The first-order chi connectivity index (χ1) is 4.75. The van der Waals surface area contributed by atoms with E-state index in [2.05, 4.69) is 10.2 Å². The predicted octanol–water partition coefficient (Wildman–Crippen LogP) is 0.363. The van der Waals surface area contributed by atoms with Crippen molar-refractivity contribution in [3.63, 3.8) is 0 Å². The maximum atomic E-state index is 5.54. The molecule has 1 aromatic rings. The second-order valence-corrected chi connectivity index (χ2v) is 2.52. The number of rotatable bonds is 1. The summed E-state index contributed by atoms with van der Waals surface area (Å²) in [6.45, 7) is 0. The average Bonchev–Trinajstić information content (AvgIpc) is 1.95. The van der Waals surface area contributed by atoms with Gasteiger partial charge in [-0.05, 0) is 6.26 Å². The smallest absolute Gasteiger partial charge is 0.144 e. The van der Waals surface area contributed by atoms with Crippen molar-refractivity contribution in [3.8, 4) is 0 Å². The van der Waals surface area contributed by atoms with Gasteiger partial charge in [-0.3, -0.25) is 0 Å². The first-order valence-corrected chi connectivity index (χ1v) is 3.88. The molecule has 0 bridgehead atoms. The molecular formula is C5H8N4S. The van der Waals surface area contributed by atoms with E-state index in [0.717, 1.165) is 0 Å². The summed E-state index contributed by atoms with van der Waals surface area (Å²) in [7, 11) is 0. The Bertz CT molecular complexity index is 237. The molecule has 5 heteroatoms. The zero-order chi connectivity index (χ0) is 7.56. The summed E-state index contributed by atoms with van der Waals surface area (Å²) in [4.78, 5) is 0. The van der Waals surface area contributed by atoms with Crippen LogP contribution in [0, 0.1) is 0 Å². The van der Waals surface area contributed by atoms with E-state index < -0.39 is 0 Å². The quantitative estimate of drug-likeness (QED) is 0.574. The summed E-state index contributed by atoms with van der Waals surface area (Å²) in [6, 6.07) is 0. The Kier molecular flexibility index (Phi) is 1.96. The third kappa shape index (κ3) is 1.13. The van der Waals surface area contributed by atoms with Crippen LogP contribution in [0.2, 0.25) is 0 Å². The molecule has 1 aromatic heterocycles. The molecule has 0 atom stereocenters. The maximum absolute atomic E-state index is 5.54. The third-order valence-electron chi connectivity index (χ3n) is 1.08. The van der Waals surface area contributed by atoms with Crippen LogP contribution in [0.1, 0.15) is 0 Å². The van der Waals surface area contributed by atoms with Crippen LogP contribution in [0.4, 0.5) is 11.4 Å². The van der Waals surface area contributed by atoms with Crippen molar-refractivity contribution in [2.45, 2.75) is 5.03 Å². The van der Waals surface area contributed by atoms with Crippen LogP contribution < -0.4 is 11.5 Å². The molecule has 4 N–H and O–H groups in total. The van der Waals surface area contributed by atoms with E-state index >= 15 is 0 Å². The van der Waals surface area contributed by atoms with E-state index in [1.807, 2.05) is 6.26 Å². The van der Waals surface area contributed by atoms with Gasteiger partial charge in [0.25, 0.3) is 0 Å². The minimum atomic E-state index is 0.486. The average molecular weight is 156 g/mol. The predicted molar refractivity (Wildman–Crippen MR) is 42.6 cm³/mol. The minimum absolute atomic E-state index is 0.486. The van der Waals surface area contributed by atoms with Gasteiger partial charge in [0.05, 0.1) is 17.6 Å². The number of hydrogen-bond acceptors (Lipinski definition) is 5. The van der Waals surface area contributed by atoms with Crippen LogP contribution >= 0.6 is 11.8 Å². The Hall–Kier alpha value is -0.970. The molecule has 0 fully saturated rings. The SMILES string of the molecule is CSc1nncc(N)c1N. The summed E-state index contributed by atoms with van der Waals surface area (Å²) in [5.41, 5.74) is 12.0. The van der Waals surface area contributed by atoms with Gasteiger partial charge in [-0.2, -0.15) is 5.10 Å². The van der Waals surface area contributed by atoms with E-state index in [0.29, 0.717) is 16.4 Å². The highest BCUT2D eigenvalue weighted by Crippen LogP contribution is 2.22. The number of hydrogen-bond donors (Lipinski definition) is 2. The minimum Gasteiger partial charge on any atom is -0.396 e. The molecule has 0 amide bonds. The molecule has 0 aliphatic heterocycles. The summed E-state index contributed by atoms with van der Waals surface area (Å²) in [5.74, 6) is 0. The van der Waals surface area contributed by atoms with E-state index in [1.165, 1.54) is 18.0 Å². The number of nitrogen functional groups attached to an aromatic ring is 2. The topological polar surface area (TPSA) is 77.8 Å². The lowest BCUT2D eigenvalue weighted by Crippen LogP contribution is -1.99. The van der Waals surface area contributed by atoms with Gasteiger partial charge in [0.2, 0.25) is 0 Å². The fraction of sp³-hybridized carbons (Fsp3) is 0.200. The van der Waals surface area contributed by atoms with Crippen molar-refractivity contribution < 1.29 is 0 Å². The van der Waals surface area contributed by atoms with Crippen LogP contribution in [-0.4, -0.2) is 16.5 Å². The fourth-order valence-electron chi connectivity index (χ4n) is 0.541. The van der Waals surface area contributed by atoms with Crippen molar-refractivity contribution in [1.82, 2.24) is 10.2 Å². The van der Waals surface area contributed by atoms with E-state index in [-0.39, 0.29) is 0 Å². The van der Waals surface area contributed by atoms with Gasteiger partial charge in [-0.1, -0.05) is 0 Å². The van der Waals surface area contributed by atoms with Crippen LogP contribution in [0.25, 0.3) is 0 Å². The Morgan fingerprint density at radius 1 is 1.50 bits per heavy atom.